The topological polar surface area (TPSA) is 66.4 Å². The van der Waals surface area contributed by atoms with Crippen molar-refractivity contribution < 1.29 is 14.7 Å². The first kappa shape index (κ1) is 12.2. The Kier molecular flexibility index (Phi) is 4.05. The summed E-state index contributed by atoms with van der Waals surface area (Å²) in [6.07, 6.45) is 0.159. The number of rotatable bonds is 4. The number of Topliss-reactive ketones (excluding diaryl/α,β-unsaturated/α-hetero) is 1. The van der Waals surface area contributed by atoms with Crippen LogP contribution in [0.3, 0.4) is 0 Å². The van der Waals surface area contributed by atoms with Gasteiger partial charge >= 0.3 is 0 Å². The predicted octanol–water partition coefficient (Wildman–Crippen LogP) is 1.03. The molecule has 4 nitrogen and oxygen atoms in total. The second-order valence-corrected chi connectivity index (χ2v) is 3.75. The number of hydrogen-bond acceptors (Lipinski definition) is 3. The summed E-state index contributed by atoms with van der Waals surface area (Å²) in [6.45, 7) is 3.07. The number of phenolic OH excluding ortho intramolecular Hbond substituents is 1. The van der Waals surface area contributed by atoms with Gasteiger partial charge in [0.2, 0.25) is 5.91 Å². The van der Waals surface area contributed by atoms with E-state index < -0.39 is 6.04 Å². The van der Waals surface area contributed by atoms with Crippen molar-refractivity contribution in [2.45, 2.75) is 26.3 Å². The van der Waals surface area contributed by atoms with Gasteiger partial charge in [0, 0.05) is 0 Å². The third-order valence-corrected chi connectivity index (χ3v) is 2.26. The molecular weight excluding hydrogens is 206 g/mol. The monoisotopic (exact) mass is 221 g/mol. The van der Waals surface area contributed by atoms with Crippen LogP contribution >= 0.6 is 0 Å². The first-order valence-corrected chi connectivity index (χ1v) is 5.07. The highest BCUT2D eigenvalue weighted by Crippen LogP contribution is 2.11. The highest BCUT2D eigenvalue weighted by atomic mass is 16.3. The van der Waals surface area contributed by atoms with E-state index in [1.807, 2.05) is 0 Å². The number of nitrogens with one attached hydrogen (secondary N) is 1. The van der Waals surface area contributed by atoms with E-state index in [-0.39, 0.29) is 23.9 Å². The average molecular weight is 221 g/mol. The summed E-state index contributed by atoms with van der Waals surface area (Å²) in [5.74, 6) is -0.178. The van der Waals surface area contributed by atoms with E-state index in [1.165, 1.54) is 13.0 Å². The molecule has 1 amide bonds. The molecule has 1 atom stereocenters. The molecule has 0 aliphatic rings. The van der Waals surface area contributed by atoms with Crippen molar-refractivity contribution in [3.05, 3.63) is 29.8 Å². The lowest BCUT2D eigenvalue weighted by molar-refractivity contribution is -0.126. The molecule has 0 heterocycles. The van der Waals surface area contributed by atoms with E-state index in [1.54, 1.807) is 25.1 Å². The van der Waals surface area contributed by atoms with Crippen LogP contribution in [-0.2, 0) is 16.0 Å². The molecule has 1 unspecified atom stereocenters. The lowest BCUT2D eigenvalue weighted by Crippen LogP contribution is -2.38. The highest BCUT2D eigenvalue weighted by Gasteiger charge is 2.11. The number of hydrogen-bond donors (Lipinski definition) is 2. The lowest BCUT2D eigenvalue weighted by atomic mass is 10.1. The second-order valence-electron chi connectivity index (χ2n) is 3.75. The van der Waals surface area contributed by atoms with Crippen molar-refractivity contribution in [1.29, 1.82) is 0 Å². The normalized spacial score (nSPS) is 11.9. The second kappa shape index (κ2) is 5.30. The van der Waals surface area contributed by atoms with Crippen molar-refractivity contribution in [2.24, 2.45) is 0 Å². The molecule has 1 rings (SSSR count). The van der Waals surface area contributed by atoms with Gasteiger partial charge < -0.3 is 10.4 Å². The number of aromatic hydroxyl groups is 1. The zero-order valence-electron chi connectivity index (χ0n) is 9.36. The molecular formula is C12H15NO3. The van der Waals surface area contributed by atoms with E-state index >= 15 is 0 Å². The minimum Gasteiger partial charge on any atom is -0.508 e. The molecule has 0 spiro atoms. The number of ketones is 1. The third-order valence-electron chi connectivity index (χ3n) is 2.26. The van der Waals surface area contributed by atoms with Crippen LogP contribution in [0.2, 0.25) is 0 Å². The Labute approximate surface area is 94.3 Å². The lowest BCUT2D eigenvalue weighted by Gasteiger charge is -2.10. The minimum absolute atomic E-state index is 0.0794. The van der Waals surface area contributed by atoms with Gasteiger partial charge in [0.05, 0.1) is 12.5 Å². The molecule has 0 saturated heterocycles. The van der Waals surface area contributed by atoms with E-state index in [2.05, 4.69) is 5.32 Å². The van der Waals surface area contributed by atoms with Gasteiger partial charge in [0.15, 0.2) is 5.78 Å². The molecule has 0 fully saturated rings. The smallest absolute Gasteiger partial charge is 0.224 e. The van der Waals surface area contributed by atoms with Crippen molar-refractivity contribution >= 4 is 11.7 Å². The van der Waals surface area contributed by atoms with Crippen LogP contribution in [0.25, 0.3) is 0 Å². The first-order valence-electron chi connectivity index (χ1n) is 5.07. The average Bonchev–Trinajstić information content (AvgIpc) is 2.16. The third kappa shape index (κ3) is 3.73. The van der Waals surface area contributed by atoms with E-state index in [9.17, 15) is 14.7 Å². The molecule has 2 N–H and O–H groups in total. The van der Waals surface area contributed by atoms with Crippen LogP contribution in [0.4, 0.5) is 0 Å². The van der Waals surface area contributed by atoms with Gasteiger partial charge in [-0.05, 0) is 31.5 Å². The zero-order chi connectivity index (χ0) is 12.1. The Morgan fingerprint density at radius 3 is 2.69 bits per heavy atom. The zero-order valence-corrected chi connectivity index (χ0v) is 9.36. The van der Waals surface area contributed by atoms with Crippen molar-refractivity contribution in [1.82, 2.24) is 5.32 Å². The summed E-state index contributed by atoms with van der Waals surface area (Å²) in [6, 6.07) is 6.02. The molecule has 4 heteroatoms. The fourth-order valence-corrected chi connectivity index (χ4v) is 1.25. The maximum atomic E-state index is 11.5. The summed E-state index contributed by atoms with van der Waals surface area (Å²) < 4.78 is 0. The Morgan fingerprint density at radius 1 is 1.44 bits per heavy atom. The van der Waals surface area contributed by atoms with Crippen LogP contribution in [0.5, 0.6) is 5.75 Å². The molecule has 0 aliphatic carbocycles. The Hall–Kier alpha value is -1.84. The number of amides is 1. The molecule has 16 heavy (non-hydrogen) atoms. The summed E-state index contributed by atoms with van der Waals surface area (Å²) in [4.78, 5) is 22.4. The van der Waals surface area contributed by atoms with Crippen molar-refractivity contribution in [3.63, 3.8) is 0 Å². The Bertz CT molecular complexity index is 401. The highest BCUT2D eigenvalue weighted by molar-refractivity contribution is 5.87. The predicted molar refractivity (Wildman–Crippen MR) is 60.1 cm³/mol. The van der Waals surface area contributed by atoms with Crippen LogP contribution in [0.15, 0.2) is 24.3 Å². The molecule has 1 aromatic carbocycles. The van der Waals surface area contributed by atoms with E-state index in [0.717, 1.165) is 0 Å². The minimum atomic E-state index is -0.468. The first-order chi connectivity index (χ1) is 7.49. The van der Waals surface area contributed by atoms with Gasteiger partial charge in [0.25, 0.3) is 0 Å². The van der Waals surface area contributed by atoms with Gasteiger partial charge in [0.1, 0.15) is 5.75 Å². The SMILES string of the molecule is CC(=O)C(C)NC(=O)Cc1cccc(O)c1. The Balaban J connectivity index is 2.55. The van der Waals surface area contributed by atoms with Crippen molar-refractivity contribution in [2.75, 3.05) is 0 Å². The van der Waals surface area contributed by atoms with Gasteiger partial charge in [-0.1, -0.05) is 12.1 Å². The quantitative estimate of drug-likeness (QED) is 0.798. The van der Waals surface area contributed by atoms with Gasteiger partial charge in [-0.15, -0.1) is 0 Å². The molecule has 0 radical (unpaired) electrons. The largest absolute Gasteiger partial charge is 0.508 e. The van der Waals surface area contributed by atoms with Gasteiger partial charge in [-0.2, -0.15) is 0 Å². The van der Waals surface area contributed by atoms with E-state index in [0.29, 0.717) is 5.56 Å². The molecule has 86 valence electrons. The maximum Gasteiger partial charge on any atom is 0.224 e. The number of phenols is 1. The van der Waals surface area contributed by atoms with E-state index in [4.69, 9.17) is 0 Å². The van der Waals surface area contributed by atoms with Gasteiger partial charge in [-0.25, -0.2) is 0 Å². The summed E-state index contributed by atoms with van der Waals surface area (Å²) in [5.41, 5.74) is 0.716. The summed E-state index contributed by atoms with van der Waals surface area (Å²) in [7, 11) is 0. The van der Waals surface area contributed by atoms with Crippen LogP contribution in [-0.4, -0.2) is 22.8 Å². The summed E-state index contributed by atoms with van der Waals surface area (Å²) >= 11 is 0. The van der Waals surface area contributed by atoms with Crippen molar-refractivity contribution in [3.8, 4) is 5.75 Å². The van der Waals surface area contributed by atoms with Crippen LogP contribution in [0, 0.1) is 0 Å². The summed E-state index contributed by atoms with van der Waals surface area (Å²) in [5, 5.41) is 11.8. The molecule has 0 bridgehead atoms. The number of carbonyl (C=O) groups excluding carboxylic acids is 2. The number of carbonyl (C=O) groups is 2. The fourth-order valence-electron chi connectivity index (χ4n) is 1.25. The molecule has 0 aliphatic heterocycles. The molecule has 1 aromatic rings. The van der Waals surface area contributed by atoms with Crippen LogP contribution in [0.1, 0.15) is 19.4 Å². The molecule has 0 aromatic heterocycles. The van der Waals surface area contributed by atoms with Gasteiger partial charge in [-0.3, -0.25) is 9.59 Å². The fraction of sp³-hybridized carbons (Fsp3) is 0.333. The van der Waals surface area contributed by atoms with Crippen LogP contribution < -0.4 is 5.32 Å². The Morgan fingerprint density at radius 2 is 2.12 bits per heavy atom. The molecule has 0 saturated carbocycles. The maximum absolute atomic E-state index is 11.5. The number of benzene rings is 1. The standard InChI is InChI=1S/C12H15NO3/c1-8(9(2)14)13-12(16)7-10-4-3-5-11(15)6-10/h3-6,8,15H,7H2,1-2H3,(H,13,16).